The Morgan fingerprint density at radius 3 is 1.95 bits per heavy atom. The highest BCUT2D eigenvalue weighted by Gasteiger charge is 2.26. The van der Waals surface area contributed by atoms with Gasteiger partial charge in [0, 0.05) is 43.6 Å². The van der Waals surface area contributed by atoms with Gasteiger partial charge in [-0.15, -0.1) is 0 Å². The number of aromatic nitrogens is 1. The number of amides is 1. The molecule has 5 aromatic rings. The number of anilines is 2. The fraction of sp³-hybridized carbons (Fsp3) is 0.125. The van der Waals surface area contributed by atoms with E-state index in [4.69, 9.17) is 14.1 Å². The third-order valence-corrected chi connectivity index (χ3v) is 6.48. The van der Waals surface area contributed by atoms with Crippen molar-refractivity contribution in [1.82, 2.24) is 4.98 Å². The van der Waals surface area contributed by atoms with Crippen LogP contribution in [0, 0.1) is 0 Å². The number of hydrogen-bond donors (Lipinski definition) is 0. The zero-order valence-corrected chi connectivity index (χ0v) is 21.9. The van der Waals surface area contributed by atoms with Crippen LogP contribution in [0.15, 0.2) is 108 Å². The van der Waals surface area contributed by atoms with Crippen molar-refractivity contribution in [2.45, 2.75) is 0 Å². The summed E-state index contributed by atoms with van der Waals surface area (Å²) in [6.07, 6.45) is 0. The summed E-state index contributed by atoms with van der Waals surface area (Å²) in [6.45, 7) is 0. The molecule has 38 heavy (non-hydrogen) atoms. The van der Waals surface area contributed by atoms with Gasteiger partial charge in [-0.3, -0.25) is 4.79 Å². The fourth-order valence-electron chi connectivity index (χ4n) is 4.31. The monoisotopic (exact) mass is 503 g/mol. The van der Waals surface area contributed by atoms with Crippen LogP contribution in [0.2, 0.25) is 0 Å². The molecule has 0 fully saturated rings. The highest BCUT2D eigenvalue weighted by atomic mass is 16.5. The average Bonchev–Trinajstić information content (AvgIpc) is 3.42. The normalized spacial score (nSPS) is 10.7. The molecule has 0 aliphatic rings. The van der Waals surface area contributed by atoms with Crippen LogP contribution < -0.4 is 14.5 Å². The first kappa shape index (κ1) is 24.8. The standard InChI is InChI=1S/C32H29N3O3/c1-34(2)24-16-14-23(15-17-24)30-29(32(36)35(3)25-18-20-26(37-4)21-19-25)33-31(38-30)28-13-9-8-12-27(28)22-10-6-5-7-11-22/h5-21H,1-4H3. The van der Waals surface area contributed by atoms with Crippen molar-refractivity contribution < 1.29 is 13.9 Å². The lowest BCUT2D eigenvalue weighted by molar-refractivity contribution is 0.0989. The van der Waals surface area contributed by atoms with Crippen LogP contribution in [0.3, 0.4) is 0 Å². The average molecular weight is 504 g/mol. The highest BCUT2D eigenvalue weighted by molar-refractivity contribution is 6.08. The second-order valence-corrected chi connectivity index (χ2v) is 9.11. The Balaban J connectivity index is 1.62. The van der Waals surface area contributed by atoms with Crippen LogP contribution in [-0.2, 0) is 0 Å². The van der Waals surface area contributed by atoms with Crippen molar-refractivity contribution in [3.05, 3.63) is 109 Å². The van der Waals surface area contributed by atoms with Crippen molar-refractivity contribution in [2.75, 3.05) is 38.1 Å². The number of carbonyl (C=O) groups excluding carboxylic acids is 1. The second-order valence-electron chi connectivity index (χ2n) is 9.11. The number of ether oxygens (including phenoxy) is 1. The van der Waals surface area contributed by atoms with Crippen LogP contribution in [-0.4, -0.2) is 39.1 Å². The zero-order chi connectivity index (χ0) is 26.6. The van der Waals surface area contributed by atoms with Gasteiger partial charge in [-0.25, -0.2) is 4.98 Å². The quantitative estimate of drug-likeness (QED) is 0.239. The lowest BCUT2D eigenvalue weighted by Gasteiger charge is -2.17. The predicted molar refractivity (Wildman–Crippen MR) is 153 cm³/mol. The van der Waals surface area contributed by atoms with Crippen molar-refractivity contribution in [2.24, 2.45) is 0 Å². The maximum Gasteiger partial charge on any atom is 0.280 e. The van der Waals surface area contributed by atoms with Crippen molar-refractivity contribution in [3.8, 4) is 39.7 Å². The summed E-state index contributed by atoms with van der Waals surface area (Å²) in [7, 11) is 7.32. The largest absolute Gasteiger partial charge is 0.497 e. The maximum absolute atomic E-state index is 13.8. The first-order valence-electron chi connectivity index (χ1n) is 12.3. The van der Waals surface area contributed by atoms with E-state index in [1.807, 2.05) is 122 Å². The number of hydrogen-bond acceptors (Lipinski definition) is 5. The Labute approximate surface area is 222 Å². The SMILES string of the molecule is COc1ccc(N(C)C(=O)c2nc(-c3ccccc3-c3ccccc3)oc2-c2ccc(N(C)C)cc2)cc1. The molecule has 6 nitrogen and oxygen atoms in total. The third-order valence-electron chi connectivity index (χ3n) is 6.48. The molecule has 1 heterocycles. The molecule has 0 saturated carbocycles. The van der Waals surface area contributed by atoms with Gasteiger partial charge in [-0.05, 0) is 65.7 Å². The molecule has 0 aliphatic heterocycles. The molecule has 0 aliphatic carbocycles. The molecule has 0 spiro atoms. The Kier molecular flexibility index (Phi) is 6.96. The van der Waals surface area contributed by atoms with E-state index in [1.54, 1.807) is 19.1 Å². The minimum absolute atomic E-state index is 0.249. The van der Waals surface area contributed by atoms with Gasteiger partial charge in [0.2, 0.25) is 5.89 Å². The molecule has 4 aromatic carbocycles. The van der Waals surface area contributed by atoms with Crippen molar-refractivity contribution in [1.29, 1.82) is 0 Å². The lowest BCUT2D eigenvalue weighted by atomic mass is 10.00. The summed E-state index contributed by atoms with van der Waals surface area (Å²) in [6, 6.07) is 33.2. The number of methoxy groups -OCH3 is 1. The first-order valence-corrected chi connectivity index (χ1v) is 12.3. The topological polar surface area (TPSA) is 58.8 Å². The minimum Gasteiger partial charge on any atom is -0.497 e. The predicted octanol–water partition coefficient (Wildman–Crippen LogP) is 7.03. The summed E-state index contributed by atoms with van der Waals surface area (Å²) in [4.78, 5) is 22.2. The van der Waals surface area contributed by atoms with Gasteiger partial charge in [0.15, 0.2) is 11.5 Å². The molecule has 0 radical (unpaired) electrons. The number of rotatable bonds is 7. The van der Waals surface area contributed by atoms with E-state index >= 15 is 0 Å². The number of oxazole rings is 1. The van der Waals surface area contributed by atoms with Crippen molar-refractivity contribution >= 4 is 17.3 Å². The summed E-state index contributed by atoms with van der Waals surface area (Å²) < 4.78 is 11.7. The summed E-state index contributed by atoms with van der Waals surface area (Å²) in [5.74, 6) is 1.27. The zero-order valence-electron chi connectivity index (χ0n) is 21.9. The molecule has 0 N–H and O–H groups in total. The van der Waals surface area contributed by atoms with Gasteiger partial charge >= 0.3 is 0 Å². The van der Waals surface area contributed by atoms with Crippen molar-refractivity contribution in [3.63, 3.8) is 0 Å². The lowest BCUT2D eigenvalue weighted by Crippen LogP contribution is -2.27. The fourth-order valence-corrected chi connectivity index (χ4v) is 4.31. The molecule has 6 heteroatoms. The number of benzene rings is 4. The molecule has 0 bridgehead atoms. The second kappa shape index (κ2) is 10.6. The molecule has 5 rings (SSSR count). The van der Waals surface area contributed by atoms with E-state index in [9.17, 15) is 4.79 Å². The van der Waals surface area contributed by atoms with E-state index < -0.39 is 0 Å². The van der Waals surface area contributed by atoms with Gasteiger partial charge in [-0.1, -0.05) is 48.5 Å². The molecule has 0 saturated heterocycles. The highest BCUT2D eigenvalue weighted by Crippen LogP contribution is 2.36. The Morgan fingerprint density at radius 1 is 0.711 bits per heavy atom. The Bertz CT molecular complexity index is 1540. The van der Waals surface area contributed by atoms with E-state index in [0.29, 0.717) is 11.7 Å². The molecular weight excluding hydrogens is 474 g/mol. The summed E-state index contributed by atoms with van der Waals surface area (Å²) in [5, 5.41) is 0. The van der Waals surface area contributed by atoms with E-state index in [0.717, 1.165) is 39.4 Å². The van der Waals surface area contributed by atoms with Crippen LogP contribution in [0.25, 0.3) is 33.9 Å². The van der Waals surface area contributed by atoms with Crippen LogP contribution in [0.4, 0.5) is 11.4 Å². The van der Waals surface area contributed by atoms with Crippen LogP contribution >= 0.6 is 0 Å². The minimum atomic E-state index is -0.269. The third kappa shape index (κ3) is 4.89. The van der Waals surface area contributed by atoms with E-state index in [2.05, 4.69) is 0 Å². The summed E-state index contributed by atoms with van der Waals surface area (Å²) in [5.41, 5.74) is 5.63. The number of carbonyl (C=O) groups is 1. The smallest absolute Gasteiger partial charge is 0.280 e. The molecule has 1 aromatic heterocycles. The van der Waals surface area contributed by atoms with Gasteiger partial charge in [0.1, 0.15) is 5.75 Å². The maximum atomic E-state index is 13.8. The number of nitrogens with zero attached hydrogens (tertiary/aromatic N) is 3. The molecule has 1 amide bonds. The van der Waals surface area contributed by atoms with Crippen LogP contribution in [0.5, 0.6) is 5.75 Å². The van der Waals surface area contributed by atoms with Gasteiger partial charge in [-0.2, -0.15) is 0 Å². The van der Waals surface area contributed by atoms with Gasteiger partial charge in [0.05, 0.1) is 7.11 Å². The first-order chi connectivity index (χ1) is 18.5. The molecule has 190 valence electrons. The summed E-state index contributed by atoms with van der Waals surface area (Å²) >= 11 is 0. The molecular formula is C32H29N3O3. The van der Waals surface area contributed by atoms with Crippen LogP contribution in [0.1, 0.15) is 10.5 Å². The van der Waals surface area contributed by atoms with Gasteiger partial charge in [0.25, 0.3) is 5.91 Å². The van der Waals surface area contributed by atoms with E-state index in [-0.39, 0.29) is 11.6 Å². The molecule has 0 unspecified atom stereocenters. The Morgan fingerprint density at radius 2 is 1.32 bits per heavy atom. The molecule has 0 atom stereocenters. The Hall–Kier alpha value is -4.84. The van der Waals surface area contributed by atoms with Gasteiger partial charge < -0.3 is 19.0 Å². The van der Waals surface area contributed by atoms with E-state index in [1.165, 1.54) is 0 Å².